The maximum absolute atomic E-state index is 12.2. The van der Waals surface area contributed by atoms with Crippen LogP contribution < -0.4 is 4.72 Å². The number of hydrogen-bond donors (Lipinski definition) is 1. The summed E-state index contributed by atoms with van der Waals surface area (Å²) in [5.41, 5.74) is 0. The quantitative estimate of drug-likeness (QED) is 0.828. The highest BCUT2D eigenvalue weighted by atomic mass is 35.5. The van der Waals surface area contributed by atoms with E-state index in [1.54, 1.807) is 0 Å². The molecule has 0 aromatic carbocycles. The molecule has 1 fully saturated rings. The Morgan fingerprint density at radius 1 is 1.35 bits per heavy atom. The van der Waals surface area contributed by atoms with E-state index in [1.807, 2.05) is 0 Å². The summed E-state index contributed by atoms with van der Waals surface area (Å²) in [6, 6.07) is -0.0243. The van der Waals surface area contributed by atoms with Crippen LogP contribution in [0.3, 0.4) is 0 Å². The third-order valence-corrected chi connectivity index (χ3v) is 5.03. The van der Waals surface area contributed by atoms with Crippen molar-refractivity contribution in [1.82, 2.24) is 19.6 Å². The lowest BCUT2D eigenvalue weighted by molar-refractivity contribution is 0.208. The molecule has 0 spiro atoms. The van der Waals surface area contributed by atoms with Gasteiger partial charge in [0, 0.05) is 6.04 Å². The van der Waals surface area contributed by atoms with Crippen LogP contribution in [0.25, 0.3) is 0 Å². The molecule has 1 saturated heterocycles. The van der Waals surface area contributed by atoms with Gasteiger partial charge >= 0.3 is 0 Å². The van der Waals surface area contributed by atoms with Crippen LogP contribution in [0, 0.1) is 0 Å². The molecule has 112 valence electrons. The van der Waals surface area contributed by atoms with E-state index in [9.17, 15) is 8.42 Å². The zero-order valence-corrected chi connectivity index (χ0v) is 13.0. The van der Waals surface area contributed by atoms with Crippen LogP contribution in [0.5, 0.6) is 0 Å². The Morgan fingerprint density at radius 2 is 1.95 bits per heavy atom. The fourth-order valence-corrected chi connectivity index (χ4v) is 3.61. The summed E-state index contributed by atoms with van der Waals surface area (Å²) in [6.45, 7) is 5.08. The second kappa shape index (κ2) is 6.80. The molecule has 0 atom stereocenters. The van der Waals surface area contributed by atoms with Gasteiger partial charge in [-0.2, -0.15) is 0 Å². The third-order valence-electron chi connectivity index (χ3n) is 3.36. The lowest BCUT2D eigenvalue weighted by Crippen LogP contribution is -2.44. The van der Waals surface area contributed by atoms with Crippen LogP contribution in [0.15, 0.2) is 17.3 Å². The maximum Gasteiger partial charge on any atom is 0.243 e. The molecular formula is C12H19ClN4O2S. The molecule has 8 heteroatoms. The molecular weight excluding hydrogens is 300 g/mol. The molecule has 0 saturated carbocycles. The van der Waals surface area contributed by atoms with Crippen molar-refractivity contribution in [2.45, 2.75) is 37.1 Å². The molecule has 0 bridgehead atoms. The minimum Gasteiger partial charge on any atom is -0.303 e. The summed E-state index contributed by atoms with van der Waals surface area (Å²) in [7, 11) is -3.56. The zero-order valence-electron chi connectivity index (χ0n) is 11.4. The van der Waals surface area contributed by atoms with Crippen LogP contribution >= 0.6 is 11.6 Å². The summed E-state index contributed by atoms with van der Waals surface area (Å²) in [6.07, 6.45) is 5.23. The van der Waals surface area contributed by atoms with Crippen LogP contribution in [0.4, 0.5) is 0 Å². The molecule has 1 aromatic heterocycles. The Balaban J connectivity index is 1.94. The summed E-state index contributed by atoms with van der Waals surface area (Å²) >= 11 is 5.56. The first-order valence-electron chi connectivity index (χ1n) is 6.73. The minimum absolute atomic E-state index is 0.0243. The fraction of sp³-hybridized carbons (Fsp3) is 0.667. The highest BCUT2D eigenvalue weighted by Gasteiger charge is 2.24. The lowest BCUT2D eigenvalue weighted by Gasteiger charge is -2.31. The molecule has 2 heterocycles. The zero-order chi connectivity index (χ0) is 14.6. The lowest BCUT2D eigenvalue weighted by atomic mass is 10.1. The first kappa shape index (κ1) is 15.6. The van der Waals surface area contributed by atoms with E-state index in [2.05, 4.69) is 26.5 Å². The number of halogens is 1. The van der Waals surface area contributed by atoms with Crippen molar-refractivity contribution in [2.24, 2.45) is 0 Å². The van der Waals surface area contributed by atoms with Crippen molar-refractivity contribution < 1.29 is 8.42 Å². The Bertz CT molecular complexity index is 527. The molecule has 1 aliphatic heterocycles. The second-order valence-electron chi connectivity index (χ2n) is 4.92. The topological polar surface area (TPSA) is 75.2 Å². The monoisotopic (exact) mass is 318 g/mol. The minimum atomic E-state index is -3.56. The van der Waals surface area contributed by atoms with E-state index in [0.29, 0.717) is 0 Å². The van der Waals surface area contributed by atoms with Crippen molar-refractivity contribution in [2.75, 3.05) is 19.6 Å². The first-order chi connectivity index (χ1) is 9.51. The number of hydrogen-bond acceptors (Lipinski definition) is 5. The van der Waals surface area contributed by atoms with Gasteiger partial charge in [-0.25, -0.2) is 23.1 Å². The molecule has 2 rings (SSSR count). The molecule has 1 aromatic rings. The normalized spacial score (nSPS) is 18.3. The van der Waals surface area contributed by atoms with Gasteiger partial charge in [0.2, 0.25) is 15.3 Å². The smallest absolute Gasteiger partial charge is 0.243 e. The van der Waals surface area contributed by atoms with E-state index in [0.717, 1.165) is 38.9 Å². The van der Waals surface area contributed by atoms with E-state index in [1.165, 1.54) is 12.4 Å². The number of rotatable bonds is 5. The molecule has 0 radical (unpaired) electrons. The fourth-order valence-electron chi connectivity index (χ4n) is 2.32. The Labute approximate surface area is 124 Å². The average molecular weight is 319 g/mol. The Hall–Kier alpha value is -0.760. The second-order valence-corrected chi connectivity index (χ2v) is 6.98. The van der Waals surface area contributed by atoms with E-state index in [-0.39, 0.29) is 16.2 Å². The Morgan fingerprint density at radius 3 is 2.50 bits per heavy atom. The summed E-state index contributed by atoms with van der Waals surface area (Å²) in [5.74, 6) is 0. The number of piperidine rings is 1. The van der Waals surface area contributed by atoms with Crippen molar-refractivity contribution in [3.63, 3.8) is 0 Å². The van der Waals surface area contributed by atoms with Gasteiger partial charge in [-0.05, 0) is 50.5 Å². The van der Waals surface area contributed by atoms with Gasteiger partial charge in [-0.15, -0.1) is 0 Å². The highest BCUT2D eigenvalue weighted by molar-refractivity contribution is 7.89. The van der Waals surface area contributed by atoms with E-state index >= 15 is 0 Å². The van der Waals surface area contributed by atoms with Gasteiger partial charge in [0.1, 0.15) is 4.90 Å². The van der Waals surface area contributed by atoms with Crippen molar-refractivity contribution in [1.29, 1.82) is 0 Å². The van der Waals surface area contributed by atoms with Gasteiger partial charge in [0.25, 0.3) is 0 Å². The summed E-state index contributed by atoms with van der Waals surface area (Å²) in [5, 5.41) is 0.0387. The van der Waals surface area contributed by atoms with Crippen LogP contribution in [-0.4, -0.2) is 49.0 Å². The Kier molecular flexibility index (Phi) is 5.31. The van der Waals surface area contributed by atoms with Crippen LogP contribution in [0.1, 0.15) is 26.2 Å². The highest BCUT2D eigenvalue weighted by Crippen LogP contribution is 2.14. The van der Waals surface area contributed by atoms with Crippen molar-refractivity contribution in [3.8, 4) is 0 Å². The molecule has 6 nitrogen and oxygen atoms in total. The number of sulfonamides is 1. The number of aromatic nitrogens is 2. The first-order valence-corrected chi connectivity index (χ1v) is 8.59. The van der Waals surface area contributed by atoms with E-state index < -0.39 is 10.0 Å². The van der Waals surface area contributed by atoms with Gasteiger partial charge in [0.15, 0.2) is 0 Å². The summed E-state index contributed by atoms with van der Waals surface area (Å²) < 4.78 is 27.1. The number of likely N-dealkylation sites (tertiary alicyclic amines) is 1. The molecule has 1 aliphatic rings. The SMILES string of the molecule is CCCN1CCC(NS(=O)(=O)c2cnc(Cl)nc2)CC1. The number of nitrogens with one attached hydrogen (secondary N) is 1. The van der Waals surface area contributed by atoms with Crippen molar-refractivity contribution in [3.05, 3.63) is 17.7 Å². The van der Waals surface area contributed by atoms with Crippen LogP contribution in [0.2, 0.25) is 5.28 Å². The standard InChI is InChI=1S/C12H19ClN4O2S/c1-2-5-17-6-3-10(4-7-17)16-20(18,19)11-8-14-12(13)15-9-11/h8-10,16H,2-7H2,1H3. The average Bonchev–Trinajstić information content (AvgIpc) is 2.41. The largest absolute Gasteiger partial charge is 0.303 e. The molecule has 20 heavy (non-hydrogen) atoms. The molecule has 1 N–H and O–H groups in total. The third kappa shape index (κ3) is 4.12. The van der Waals surface area contributed by atoms with Gasteiger partial charge in [-0.3, -0.25) is 0 Å². The van der Waals surface area contributed by atoms with Gasteiger partial charge < -0.3 is 4.90 Å². The van der Waals surface area contributed by atoms with Crippen LogP contribution in [-0.2, 0) is 10.0 Å². The van der Waals surface area contributed by atoms with Gasteiger partial charge in [0.05, 0.1) is 12.4 Å². The molecule has 0 unspecified atom stereocenters. The number of nitrogens with zero attached hydrogens (tertiary/aromatic N) is 3. The molecule has 0 aliphatic carbocycles. The summed E-state index contributed by atoms with van der Waals surface area (Å²) in [4.78, 5) is 9.81. The maximum atomic E-state index is 12.2. The van der Waals surface area contributed by atoms with Gasteiger partial charge in [-0.1, -0.05) is 6.92 Å². The predicted octanol–water partition coefficient (Wildman–Crippen LogP) is 1.28. The predicted molar refractivity (Wildman–Crippen MR) is 77.1 cm³/mol. The van der Waals surface area contributed by atoms with Crippen molar-refractivity contribution >= 4 is 21.6 Å². The molecule has 0 amide bonds. The van der Waals surface area contributed by atoms with E-state index in [4.69, 9.17) is 11.6 Å².